The van der Waals surface area contributed by atoms with Crippen molar-refractivity contribution >= 4 is 0 Å². The van der Waals surface area contributed by atoms with Gasteiger partial charge in [0, 0.05) is 6.42 Å². The van der Waals surface area contributed by atoms with Crippen LogP contribution >= 0.6 is 0 Å². The van der Waals surface area contributed by atoms with E-state index >= 15 is 0 Å². The zero-order valence-corrected chi connectivity index (χ0v) is 20.6. The Kier molecular flexibility index (Phi) is 8.57. The molecular formula is C27H38F6O2. The molecule has 3 saturated carbocycles. The Morgan fingerprint density at radius 1 is 1.06 bits per heavy atom. The van der Waals surface area contributed by atoms with Crippen molar-refractivity contribution in [2.24, 2.45) is 29.1 Å². The minimum absolute atomic E-state index is 0.0297. The van der Waals surface area contributed by atoms with Gasteiger partial charge in [-0.15, -0.1) is 0 Å². The Morgan fingerprint density at radius 2 is 1.71 bits per heavy atom. The van der Waals surface area contributed by atoms with Crippen LogP contribution in [0.15, 0.2) is 35.5 Å². The normalized spacial score (nSPS) is 35.7. The van der Waals surface area contributed by atoms with Crippen molar-refractivity contribution in [3.8, 4) is 0 Å². The summed E-state index contributed by atoms with van der Waals surface area (Å²) in [4.78, 5) is 0. The first-order chi connectivity index (χ1) is 16.1. The maximum Gasteiger partial charge on any atom is 0.400 e. The summed E-state index contributed by atoms with van der Waals surface area (Å²) >= 11 is 0. The Hall–Kier alpha value is -1.28. The highest BCUT2D eigenvalue weighted by molar-refractivity contribution is 5.38. The van der Waals surface area contributed by atoms with Gasteiger partial charge >= 0.3 is 12.4 Å². The molecule has 0 bridgehead atoms. The fourth-order valence-corrected chi connectivity index (χ4v) is 7.04. The van der Waals surface area contributed by atoms with Gasteiger partial charge < -0.3 is 10.2 Å². The van der Waals surface area contributed by atoms with Crippen molar-refractivity contribution in [3.63, 3.8) is 0 Å². The van der Waals surface area contributed by atoms with E-state index < -0.39 is 36.9 Å². The number of aliphatic hydroxyl groups is 2. The Bertz CT molecular complexity index is 813. The Morgan fingerprint density at radius 3 is 2.34 bits per heavy atom. The number of aliphatic hydroxyl groups excluding tert-OH is 2. The summed E-state index contributed by atoms with van der Waals surface area (Å²) in [7, 11) is 0. The molecule has 0 aliphatic heterocycles. The maximum absolute atomic E-state index is 12.9. The van der Waals surface area contributed by atoms with Gasteiger partial charge in [-0.1, -0.05) is 51.0 Å². The van der Waals surface area contributed by atoms with E-state index in [1.807, 2.05) is 13.0 Å². The number of rotatable bonds is 6. The molecule has 0 aromatic carbocycles. The van der Waals surface area contributed by atoms with E-state index in [-0.39, 0.29) is 23.7 Å². The molecule has 3 rings (SSSR count). The van der Waals surface area contributed by atoms with Gasteiger partial charge in [-0.05, 0) is 79.3 Å². The van der Waals surface area contributed by atoms with E-state index in [1.54, 1.807) is 0 Å². The summed E-state index contributed by atoms with van der Waals surface area (Å²) < 4.78 is 77.3. The monoisotopic (exact) mass is 508 g/mol. The highest BCUT2D eigenvalue weighted by atomic mass is 19.4. The molecule has 2 nitrogen and oxygen atoms in total. The van der Waals surface area contributed by atoms with Crippen molar-refractivity contribution < 1.29 is 36.6 Å². The van der Waals surface area contributed by atoms with Crippen LogP contribution in [0.1, 0.15) is 78.1 Å². The fourth-order valence-electron chi connectivity index (χ4n) is 7.04. The second kappa shape index (κ2) is 10.6. The molecule has 8 heteroatoms. The first kappa shape index (κ1) is 28.3. The van der Waals surface area contributed by atoms with Crippen LogP contribution in [0.4, 0.5) is 26.3 Å². The number of hydrogen-bond acceptors (Lipinski definition) is 2. The van der Waals surface area contributed by atoms with Crippen LogP contribution in [0.2, 0.25) is 0 Å². The van der Waals surface area contributed by atoms with Gasteiger partial charge in [0.25, 0.3) is 0 Å². The van der Waals surface area contributed by atoms with Crippen LogP contribution in [0.5, 0.6) is 0 Å². The largest absolute Gasteiger partial charge is 0.400 e. The quantitative estimate of drug-likeness (QED) is 0.362. The van der Waals surface area contributed by atoms with E-state index in [9.17, 15) is 36.6 Å². The zero-order chi connectivity index (χ0) is 26.2. The molecule has 0 heterocycles. The van der Waals surface area contributed by atoms with Gasteiger partial charge in [-0.3, -0.25) is 0 Å². The smallest absolute Gasteiger partial charge is 0.393 e. The van der Waals surface area contributed by atoms with Crippen molar-refractivity contribution in [1.29, 1.82) is 0 Å². The summed E-state index contributed by atoms with van der Waals surface area (Å²) in [5.74, 6) is -2.62. The number of hydrogen-bond donors (Lipinski definition) is 2. The molecule has 6 atom stereocenters. The molecule has 3 aliphatic rings. The molecule has 35 heavy (non-hydrogen) atoms. The number of halogens is 6. The topological polar surface area (TPSA) is 40.5 Å². The highest BCUT2D eigenvalue weighted by Crippen LogP contribution is 2.60. The molecule has 0 radical (unpaired) electrons. The van der Waals surface area contributed by atoms with Gasteiger partial charge in [-0.2, -0.15) is 26.3 Å². The lowest BCUT2D eigenvalue weighted by molar-refractivity contribution is -0.286. The van der Waals surface area contributed by atoms with Gasteiger partial charge in [0.1, 0.15) is 0 Å². The molecule has 0 unspecified atom stereocenters. The minimum atomic E-state index is -5.26. The predicted molar refractivity (Wildman–Crippen MR) is 123 cm³/mol. The SMILES string of the molecule is C=C1/C(=C/C=C2\CCC[C@]3(C)[C@@H]([C@H](C)CCCC(C(F)(F)F)C(F)(F)F)CC[C@@H]23)C[C@@H](O)C[C@@H]1O. The summed E-state index contributed by atoms with van der Waals surface area (Å²) in [5, 5.41) is 20.1. The molecular weight excluding hydrogens is 470 g/mol. The molecule has 0 aromatic heterocycles. The van der Waals surface area contributed by atoms with Crippen LogP contribution in [-0.4, -0.2) is 34.8 Å². The number of allylic oxidation sites excluding steroid dienone is 3. The van der Waals surface area contributed by atoms with Crippen molar-refractivity contribution in [2.45, 2.75) is 103 Å². The number of alkyl halides is 6. The van der Waals surface area contributed by atoms with E-state index in [4.69, 9.17) is 0 Å². The van der Waals surface area contributed by atoms with Crippen LogP contribution in [0.25, 0.3) is 0 Å². The van der Waals surface area contributed by atoms with Crippen molar-refractivity contribution in [3.05, 3.63) is 35.5 Å². The lowest BCUT2D eigenvalue weighted by Gasteiger charge is -2.44. The van der Waals surface area contributed by atoms with Gasteiger partial charge in [-0.25, -0.2) is 0 Å². The third kappa shape index (κ3) is 6.35. The van der Waals surface area contributed by atoms with Gasteiger partial charge in [0.15, 0.2) is 5.92 Å². The first-order valence-electron chi connectivity index (χ1n) is 12.7. The standard InChI is InChI=1S/C27H38F6O2/c1-16(6-4-8-24(26(28,29)30)27(31,32)33)21-11-12-22-18(7-5-13-25(21,22)3)9-10-19-14-20(34)15-23(35)17(19)2/h9-10,16,20-24,34-35H,2,4-8,11-15H2,1,3H3/b18-9+,19-10+/t16-,20-,21-,22+,23+,25-/m1/s1. The molecule has 200 valence electrons. The molecule has 3 aliphatic carbocycles. The van der Waals surface area contributed by atoms with Crippen molar-refractivity contribution in [2.75, 3.05) is 0 Å². The molecule has 3 fully saturated rings. The average molecular weight is 509 g/mol. The van der Waals surface area contributed by atoms with E-state index in [1.165, 1.54) is 5.57 Å². The predicted octanol–water partition coefficient (Wildman–Crippen LogP) is 7.67. The third-order valence-electron chi connectivity index (χ3n) is 8.93. The Labute approximate surface area is 204 Å². The summed E-state index contributed by atoms with van der Waals surface area (Å²) in [6.45, 7) is 8.17. The van der Waals surface area contributed by atoms with Crippen LogP contribution < -0.4 is 0 Å². The second-order valence-electron chi connectivity index (χ2n) is 11.2. The second-order valence-corrected chi connectivity index (χ2v) is 11.2. The van der Waals surface area contributed by atoms with E-state index in [0.717, 1.165) is 37.7 Å². The first-order valence-corrected chi connectivity index (χ1v) is 12.7. The van der Waals surface area contributed by atoms with Crippen molar-refractivity contribution in [1.82, 2.24) is 0 Å². The molecule has 0 aromatic rings. The minimum Gasteiger partial charge on any atom is -0.393 e. The average Bonchev–Trinajstić information content (AvgIpc) is 3.08. The third-order valence-corrected chi connectivity index (χ3v) is 8.93. The zero-order valence-electron chi connectivity index (χ0n) is 20.6. The lowest BCUT2D eigenvalue weighted by Crippen LogP contribution is -2.37. The summed E-state index contributed by atoms with van der Waals surface area (Å²) in [6, 6.07) is 0. The molecule has 0 amide bonds. The molecule has 2 N–H and O–H groups in total. The number of fused-ring (bicyclic) bond motifs is 1. The Balaban J connectivity index is 1.67. The molecule has 0 saturated heterocycles. The fraction of sp³-hybridized carbons (Fsp3) is 0.778. The summed E-state index contributed by atoms with van der Waals surface area (Å²) in [5.41, 5.74) is 2.76. The summed E-state index contributed by atoms with van der Waals surface area (Å²) in [6.07, 6.45) is -2.91. The van der Waals surface area contributed by atoms with Gasteiger partial charge in [0.2, 0.25) is 0 Å². The van der Waals surface area contributed by atoms with Crippen LogP contribution in [0.3, 0.4) is 0 Å². The van der Waals surface area contributed by atoms with Gasteiger partial charge in [0.05, 0.1) is 12.2 Å². The van der Waals surface area contributed by atoms with E-state index in [0.29, 0.717) is 30.8 Å². The highest BCUT2D eigenvalue weighted by Gasteiger charge is 2.56. The van der Waals surface area contributed by atoms with Crippen LogP contribution in [-0.2, 0) is 0 Å². The maximum atomic E-state index is 12.9. The molecule has 0 spiro atoms. The van der Waals surface area contributed by atoms with E-state index in [2.05, 4.69) is 19.6 Å². The lowest BCUT2D eigenvalue weighted by atomic mass is 9.60. The van der Waals surface area contributed by atoms with Crippen LogP contribution in [0, 0.1) is 29.1 Å².